The summed E-state index contributed by atoms with van der Waals surface area (Å²) in [5, 5.41) is 3.10. The predicted molar refractivity (Wildman–Crippen MR) is 120 cm³/mol. The molecule has 8 nitrogen and oxygen atoms in total. The average molecular weight is 433 g/mol. The Balaban J connectivity index is 1.39. The highest BCUT2D eigenvalue weighted by molar-refractivity contribution is 5.84. The summed E-state index contributed by atoms with van der Waals surface area (Å²) in [6, 6.07) is 8.09. The van der Waals surface area contributed by atoms with E-state index in [9.17, 15) is 9.59 Å². The molecule has 2 atom stereocenters. The number of benzene rings is 1. The fraction of sp³-hybridized carbons (Fsp3) is 0.652. The molecule has 0 bridgehead atoms. The number of piperidine rings is 1. The number of carbonyl (C=O) groups excluding carboxylic acids is 2. The highest BCUT2D eigenvalue weighted by Crippen LogP contribution is 2.24. The summed E-state index contributed by atoms with van der Waals surface area (Å²) in [6.45, 7) is 8.36. The van der Waals surface area contributed by atoms with Gasteiger partial charge in [-0.15, -0.1) is 0 Å². The summed E-state index contributed by atoms with van der Waals surface area (Å²) < 4.78 is 10.3. The minimum absolute atomic E-state index is 0.0549. The van der Waals surface area contributed by atoms with Gasteiger partial charge in [0.2, 0.25) is 11.8 Å². The van der Waals surface area contributed by atoms with Crippen LogP contribution in [0.3, 0.4) is 0 Å². The van der Waals surface area contributed by atoms with E-state index in [0.29, 0.717) is 32.5 Å². The van der Waals surface area contributed by atoms with Crippen LogP contribution in [0.1, 0.15) is 19.8 Å². The van der Waals surface area contributed by atoms with Crippen LogP contribution in [0.2, 0.25) is 0 Å². The van der Waals surface area contributed by atoms with E-state index in [1.807, 2.05) is 19.1 Å². The van der Waals surface area contributed by atoms with Crippen LogP contribution in [0.25, 0.3) is 0 Å². The van der Waals surface area contributed by atoms with Crippen LogP contribution >= 0.6 is 0 Å². The molecule has 2 aliphatic heterocycles. The third kappa shape index (κ3) is 6.11. The molecular formula is C23H36N4O4. The molecular weight excluding hydrogens is 396 g/mol. The third-order valence-corrected chi connectivity index (χ3v) is 6.47. The molecule has 2 heterocycles. The molecule has 0 radical (unpaired) electrons. The van der Waals surface area contributed by atoms with Crippen molar-refractivity contribution in [2.24, 2.45) is 5.92 Å². The van der Waals surface area contributed by atoms with Gasteiger partial charge >= 0.3 is 0 Å². The highest BCUT2D eigenvalue weighted by atomic mass is 16.5. The summed E-state index contributed by atoms with van der Waals surface area (Å²) in [5.41, 5.74) is 1.22. The van der Waals surface area contributed by atoms with Crippen molar-refractivity contribution < 1.29 is 19.1 Å². The molecule has 2 amide bonds. The van der Waals surface area contributed by atoms with Gasteiger partial charge in [0, 0.05) is 71.1 Å². The zero-order valence-corrected chi connectivity index (χ0v) is 19.0. The van der Waals surface area contributed by atoms with E-state index in [4.69, 9.17) is 9.47 Å². The van der Waals surface area contributed by atoms with Gasteiger partial charge in [-0.3, -0.25) is 14.5 Å². The molecule has 1 aromatic carbocycles. The number of piperazine rings is 1. The quantitative estimate of drug-likeness (QED) is 0.632. The normalized spacial score (nSPS) is 22.5. The number of hydrogen-bond donors (Lipinski definition) is 1. The minimum Gasteiger partial charge on any atom is -0.497 e. The molecule has 1 N–H and O–H groups in total. The maximum absolute atomic E-state index is 12.7. The summed E-state index contributed by atoms with van der Waals surface area (Å²) in [4.78, 5) is 31.5. The minimum atomic E-state index is -0.151. The first kappa shape index (κ1) is 23.3. The van der Waals surface area contributed by atoms with Crippen LogP contribution in [0, 0.1) is 5.92 Å². The maximum Gasteiger partial charge on any atom is 0.225 e. The number of methoxy groups -OCH3 is 2. The molecule has 0 spiro atoms. The van der Waals surface area contributed by atoms with E-state index < -0.39 is 0 Å². The second-order valence-electron chi connectivity index (χ2n) is 8.28. The van der Waals surface area contributed by atoms with Crippen LogP contribution < -0.4 is 15.0 Å². The topological polar surface area (TPSA) is 74.4 Å². The van der Waals surface area contributed by atoms with E-state index in [-0.39, 0.29) is 23.8 Å². The lowest BCUT2D eigenvalue weighted by Crippen LogP contribution is -2.53. The lowest BCUT2D eigenvalue weighted by molar-refractivity contribution is -0.143. The number of amides is 2. The van der Waals surface area contributed by atoms with Gasteiger partial charge in [-0.2, -0.15) is 0 Å². The van der Waals surface area contributed by atoms with Gasteiger partial charge in [-0.05, 0) is 37.6 Å². The second kappa shape index (κ2) is 11.3. The zero-order valence-electron chi connectivity index (χ0n) is 19.0. The van der Waals surface area contributed by atoms with Crippen LogP contribution in [0.4, 0.5) is 5.69 Å². The van der Waals surface area contributed by atoms with Crippen molar-refractivity contribution in [2.45, 2.75) is 25.8 Å². The number of likely N-dealkylation sites (tertiary alicyclic amines) is 1. The van der Waals surface area contributed by atoms with Gasteiger partial charge in [0.25, 0.3) is 0 Å². The molecule has 2 fully saturated rings. The van der Waals surface area contributed by atoms with Gasteiger partial charge in [0.1, 0.15) is 5.75 Å². The average Bonchev–Trinajstić information content (AvgIpc) is 2.79. The molecule has 8 heteroatoms. The maximum atomic E-state index is 12.7. The van der Waals surface area contributed by atoms with E-state index in [1.54, 1.807) is 19.1 Å². The Kier molecular flexibility index (Phi) is 8.54. The van der Waals surface area contributed by atoms with Gasteiger partial charge in [0.15, 0.2) is 0 Å². The number of hydrogen-bond acceptors (Lipinski definition) is 6. The monoisotopic (exact) mass is 432 g/mol. The lowest BCUT2D eigenvalue weighted by Gasteiger charge is -2.38. The van der Waals surface area contributed by atoms with Crippen molar-refractivity contribution in [1.29, 1.82) is 0 Å². The fourth-order valence-electron chi connectivity index (χ4n) is 4.47. The molecule has 0 aromatic heterocycles. The Morgan fingerprint density at radius 2 is 1.81 bits per heavy atom. The van der Waals surface area contributed by atoms with Crippen LogP contribution in [-0.4, -0.2) is 94.3 Å². The number of carbonyl (C=O) groups is 2. The van der Waals surface area contributed by atoms with Crippen molar-refractivity contribution in [3.8, 4) is 5.75 Å². The van der Waals surface area contributed by atoms with E-state index in [2.05, 4.69) is 27.2 Å². The molecule has 2 aliphatic rings. The van der Waals surface area contributed by atoms with Crippen molar-refractivity contribution in [2.75, 3.05) is 71.5 Å². The van der Waals surface area contributed by atoms with Gasteiger partial charge in [-0.1, -0.05) is 0 Å². The summed E-state index contributed by atoms with van der Waals surface area (Å²) in [7, 11) is 3.30. The summed E-state index contributed by atoms with van der Waals surface area (Å²) in [5.74, 6) is 0.890. The standard InChI is InChI=1S/C23H36N4O4/c1-18-21(8-9-22(28)27(18)16-17-30-2)23(29)24-10-11-25-12-14-26(15-13-25)19-4-6-20(31-3)7-5-19/h4-7,18,21H,8-17H2,1-3H3,(H,24,29)/t18-,21-/m1/s1. The molecule has 0 aliphatic carbocycles. The van der Waals surface area contributed by atoms with Crippen molar-refractivity contribution in [3.63, 3.8) is 0 Å². The van der Waals surface area contributed by atoms with Gasteiger partial charge in [0.05, 0.1) is 19.6 Å². The van der Waals surface area contributed by atoms with Crippen molar-refractivity contribution in [1.82, 2.24) is 15.1 Å². The second-order valence-corrected chi connectivity index (χ2v) is 8.28. The number of ether oxygens (including phenoxy) is 2. The van der Waals surface area contributed by atoms with Crippen LogP contribution in [0.5, 0.6) is 5.75 Å². The number of nitrogens with zero attached hydrogens (tertiary/aromatic N) is 3. The predicted octanol–water partition coefficient (Wildman–Crippen LogP) is 1.21. The smallest absolute Gasteiger partial charge is 0.225 e. The Morgan fingerprint density at radius 1 is 1.10 bits per heavy atom. The Morgan fingerprint density at radius 3 is 2.45 bits per heavy atom. The van der Waals surface area contributed by atoms with Crippen molar-refractivity contribution in [3.05, 3.63) is 24.3 Å². The van der Waals surface area contributed by atoms with Gasteiger partial charge in [-0.25, -0.2) is 0 Å². The first-order valence-corrected chi connectivity index (χ1v) is 11.2. The number of rotatable bonds is 9. The van der Waals surface area contributed by atoms with E-state index in [1.165, 1.54) is 5.69 Å². The third-order valence-electron chi connectivity index (χ3n) is 6.47. The Labute approximate surface area is 185 Å². The lowest BCUT2D eigenvalue weighted by atomic mass is 9.89. The molecule has 1 aromatic rings. The fourth-order valence-corrected chi connectivity index (χ4v) is 4.47. The van der Waals surface area contributed by atoms with E-state index >= 15 is 0 Å². The SMILES string of the molecule is COCCN1C(=O)CC[C@@H](C(=O)NCCN2CCN(c3ccc(OC)cc3)CC2)[C@H]1C. The van der Waals surface area contributed by atoms with Gasteiger partial charge < -0.3 is 24.6 Å². The molecule has 172 valence electrons. The van der Waals surface area contributed by atoms with Crippen LogP contribution in [0.15, 0.2) is 24.3 Å². The number of anilines is 1. The highest BCUT2D eigenvalue weighted by Gasteiger charge is 2.36. The summed E-state index contributed by atoms with van der Waals surface area (Å²) >= 11 is 0. The van der Waals surface area contributed by atoms with E-state index in [0.717, 1.165) is 38.5 Å². The van der Waals surface area contributed by atoms with Crippen molar-refractivity contribution >= 4 is 17.5 Å². The molecule has 2 saturated heterocycles. The first-order valence-electron chi connectivity index (χ1n) is 11.2. The zero-order chi connectivity index (χ0) is 22.2. The molecule has 0 saturated carbocycles. The summed E-state index contributed by atoms with van der Waals surface area (Å²) in [6.07, 6.45) is 1.05. The molecule has 31 heavy (non-hydrogen) atoms. The largest absolute Gasteiger partial charge is 0.497 e. The number of nitrogens with one attached hydrogen (secondary N) is 1. The van der Waals surface area contributed by atoms with Crippen LogP contribution in [-0.2, 0) is 14.3 Å². The molecule has 0 unspecified atom stereocenters. The Bertz CT molecular complexity index is 719. The first-order chi connectivity index (χ1) is 15.0. The molecule has 3 rings (SSSR count). The Hall–Kier alpha value is -2.32.